The van der Waals surface area contributed by atoms with Gasteiger partial charge in [0.1, 0.15) is 17.1 Å². The van der Waals surface area contributed by atoms with Crippen LogP contribution < -0.4 is 16.0 Å². The van der Waals surface area contributed by atoms with Gasteiger partial charge in [-0.15, -0.1) is 0 Å². The highest BCUT2D eigenvalue weighted by atomic mass is 32.2. The molecule has 10 rings (SSSR count). The third-order valence-corrected chi connectivity index (χ3v) is 15.6. The summed E-state index contributed by atoms with van der Waals surface area (Å²) in [5, 5.41) is 8.84. The van der Waals surface area contributed by atoms with Crippen LogP contribution in [-0.2, 0) is 24.9 Å². The molecule has 2 aromatic heterocycles. The summed E-state index contributed by atoms with van der Waals surface area (Å²) in [7, 11) is -3.42. The van der Waals surface area contributed by atoms with Gasteiger partial charge in [-0.2, -0.15) is 0 Å². The Balaban J connectivity index is 1.03. The molecule has 16 heteroatoms. The fraction of sp³-hybridized carbons (Fsp3) is 0.447. The third-order valence-electron chi connectivity index (χ3n) is 14.5. The third kappa shape index (κ3) is 6.57. The van der Waals surface area contributed by atoms with Crippen LogP contribution in [0.5, 0.6) is 0 Å². The van der Waals surface area contributed by atoms with Crippen molar-refractivity contribution < 1.29 is 31.7 Å². The Hall–Kier alpha value is -5.58. The smallest absolute Gasteiger partial charge is 0.381 e. The molecule has 0 radical (unpaired) electrons. The van der Waals surface area contributed by atoms with Gasteiger partial charge >= 0.3 is 5.76 Å². The summed E-state index contributed by atoms with van der Waals surface area (Å²) in [6, 6.07) is 18.1. The van der Waals surface area contributed by atoms with Crippen LogP contribution >= 0.6 is 0 Å². The van der Waals surface area contributed by atoms with Crippen LogP contribution in [0.25, 0.3) is 10.9 Å². The number of amides is 2. The molecule has 4 atom stereocenters. The number of nitrogens with zero attached hydrogens (tertiary/aromatic N) is 5. The molecule has 1 aliphatic carbocycles. The van der Waals surface area contributed by atoms with E-state index in [1.165, 1.54) is 11.8 Å². The molecule has 0 spiro atoms. The first-order valence-corrected chi connectivity index (χ1v) is 23.7. The number of halogens is 1. The number of aromatic nitrogens is 3. The van der Waals surface area contributed by atoms with E-state index < -0.39 is 33.0 Å². The average molecular weight is 878 g/mol. The zero-order valence-corrected chi connectivity index (χ0v) is 37.1. The molecule has 6 heterocycles. The Morgan fingerprint density at radius 2 is 1.65 bits per heavy atom. The molecule has 2 saturated heterocycles. The molecule has 3 aromatic carbocycles. The molecule has 5 aliphatic rings. The summed E-state index contributed by atoms with van der Waals surface area (Å²) in [5.74, 6) is -1.87. The van der Waals surface area contributed by atoms with Crippen molar-refractivity contribution in [1.29, 1.82) is 0 Å². The van der Waals surface area contributed by atoms with Crippen molar-refractivity contribution in [3.63, 3.8) is 0 Å². The topological polar surface area (TPSA) is 163 Å². The molecule has 5 aromatic rings. The SMILES string of the molecule is Cc1cc(N2C(=O)C3=C(NC2(C)N2CC(c4cccc(S(C)(=O)=O)c4)C2)[C@H](C)N(C(=O)c2cc4cc(C5CCOCC5)ccc4n2[C@@]2(c4noc(=O)[nH]4)C[C@@H]2C)CC3)cc(C)c1F. The number of H-pyrrole nitrogens is 1. The lowest BCUT2D eigenvalue weighted by Gasteiger charge is -2.59. The molecule has 1 unspecified atom stereocenters. The van der Waals surface area contributed by atoms with Crippen LogP contribution in [0.2, 0.25) is 0 Å². The number of aryl methyl sites for hydroxylation is 2. The van der Waals surface area contributed by atoms with E-state index in [2.05, 4.69) is 45.5 Å². The normalized spacial score (nSPS) is 25.9. The number of carbonyl (C=O) groups excluding carboxylic acids is 2. The van der Waals surface area contributed by atoms with Crippen molar-refractivity contribution in [1.82, 2.24) is 29.8 Å². The molecule has 330 valence electrons. The van der Waals surface area contributed by atoms with E-state index in [0.717, 1.165) is 29.3 Å². The molecule has 3 fully saturated rings. The van der Waals surface area contributed by atoms with E-state index in [1.54, 1.807) is 49.1 Å². The number of likely N-dealkylation sites (tertiary alicyclic amines) is 1. The number of rotatable bonds is 8. The van der Waals surface area contributed by atoms with Crippen molar-refractivity contribution in [2.45, 2.75) is 94.4 Å². The van der Waals surface area contributed by atoms with Gasteiger partial charge in [0, 0.05) is 72.9 Å². The van der Waals surface area contributed by atoms with Crippen LogP contribution in [0.1, 0.15) is 96.9 Å². The number of anilines is 1. The lowest BCUT2D eigenvalue weighted by atomic mass is 9.87. The lowest BCUT2D eigenvalue weighted by molar-refractivity contribution is -0.122. The van der Waals surface area contributed by atoms with Crippen LogP contribution in [0, 0.1) is 25.6 Å². The van der Waals surface area contributed by atoms with Gasteiger partial charge in [0.05, 0.1) is 10.9 Å². The number of hydrogen-bond donors (Lipinski definition) is 2. The Morgan fingerprint density at radius 1 is 0.952 bits per heavy atom. The highest BCUT2D eigenvalue weighted by Crippen LogP contribution is 2.56. The maximum absolute atomic E-state index is 15.4. The number of nitrogens with one attached hydrogen (secondary N) is 2. The second kappa shape index (κ2) is 14.7. The minimum absolute atomic E-state index is 0.0122. The van der Waals surface area contributed by atoms with Gasteiger partial charge in [-0.3, -0.25) is 28.9 Å². The van der Waals surface area contributed by atoms with E-state index in [1.807, 2.05) is 35.4 Å². The van der Waals surface area contributed by atoms with E-state index in [0.29, 0.717) is 78.2 Å². The highest BCUT2D eigenvalue weighted by molar-refractivity contribution is 7.90. The zero-order valence-electron chi connectivity index (χ0n) is 36.3. The maximum atomic E-state index is 15.4. The second-order valence-corrected chi connectivity index (χ2v) is 20.5. The summed E-state index contributed by atoms with van der Waals surface area (Å²) in [5.41, 5.74) is 5.12. The summed E-state index contributed by atoms with van der Waals surface area (Å²) in [4.78, 5) is 51.5. The Kier molecular flexibility index (Phi) is 9.69. The molecule has 2 N–H and O–H groups in total. The quantitative estimate of drug-likeness (QED) is 0.188. The summed E-state index contributed by atoms with van der Waals surface area (Å²) >= 11 is 0. The minimum Gasteiger partial charge on any atom is -0.381 e. The number of sulfone groups is 1. The van der Waals surface area contributed by atoms with Crippen LogP contribution in [0.3, 0.4) is 0 Å². The Labute approximate surface area is 365 Å². The molecule has 2 amide bonds. The van der Waals surface area contributed by atoms with Crippen molar-refractivity contribution >= 4 is 38.2 Å². The average Bonchev–Trinajstić information content (AvgIpc) is 3.50. The van der Waals surface area contributed by atoms with Crippen molar-refractivity contribution in [2.75, 3.05) is 44.0 Å². The molecule has 4 aliphatic heterocycles. The first kappa shape index (κ1) is 41.4. The zero-order chi connectivity index (χ0) is 44.3. The highest BCUT2D eigenvalue weighted by Gasteiger charge is 2.59. The largest absolute Gasteiger partial charge is 0.438 e. The van der Waals surface area contributed by atoms with Crippen molar-refractivity contribution in [3.8, 4) is 0 Å². The predicted molar refractivity (Wildman–Crippen MR) is 234 cm³/mol. The monoisotopic (exact) mass is 877 g/mol. The van der Waals surface area contributed by atoms with E-state index in [9.17, 15) is 13.2 Å². The van der Waals surface area contributed by atoms with Gasteiger partial charge in [0.2, 0.25) is 0 Å². The van der Waals surface area contributed by atoms with Gasteiger partial charge in [-0.25, -0.2) is 17.6 Å². The van der Waals surface area contributed by atoms with Gasteiger partial charge in [-0.1, -0.05) is 30.3 Å². The van der Waals surface area contributed by atoms with Gasteiger partial charge < -0.3 is 19.5 Å². The molecule has 0 bridgehead atoms. The van der Waals surface area contributed by atoms with E-state index >= 15 is 14.0 Å². The van der Waals surface area contributed by atoms with Crippen LogP contribution in [0.4, 0.5) is 10.1 Å². The maximum Gasteiger partial charge on any atom is 0.438 e. The Morgan fingerprint density at radius 3 is 2.30 bits per heavy atom. The van der Waals surface area contributed by atoms with Gasteiger partial charge in [0.15, 0.2) is 21.4 Å². The standard InChI is InChI=1S/C47H52FN7O7S/c1-26-18-35(19-27(2)40(26)48)54-42(56)37-12-15-53(29(4)41(37)50-46(54,5)52-24-34(25-52)31-8-7-9-36(21-31)63(6,59)60)43(57)39-22-33-20-32(30-13-16-61-17-14-30)10-11-38(33)55(39)47(23-28(47)3)44-49-45(58)62-51-44/h7-11,18-22,28-30,34,50H,12-17,23-25H2,1-6H3,(H,49,51,58)/t28-,29-,46?,47-/m0/s1. The molecule has 14 nitrogen and oxygen atoms in total. The molecular formula is C47H52FN7O7S. The number of fused-ring (bicyclic) bond motifs is 1. The van der Waals surface area contributed by atoms with Gasteiger partial charge in [0.25, 0.3) is 11.8 Å². The summed E-state index contributed by atoms with van der Waals surface area (Å²) in [6.07, 6.45) is 3.93. The van der Waals surface area contributed by atoms with Crippen LogP contribution in [-0.4, -0.2) is 95.7 Å². The molecule has 1 saturated carbocycles. The predicted octanol–water partition coefficient (Wildman–Crippen LogP) is 6.05. The number of hydrogen-bond acceptors (Lipinski definition) is 10. The summed E-state index contributed by atoms with van der Waals surface area (Å²) < 4.78 is 52.7. The van der Waals surface area contributed by atoms with E-state index in [4.69, 9.17) is 9.26 Å². The fourth-order valence-electron chi connectivity index (χ4n) is 10.8. The van der Waals surface area contributed by atoms with Gasteiger partial charge in [-0.05, 0) is 130 Å². The van der Waals surface area contributed by atoms with Crippen LogP contribution in [0.15, 0.2) is 86.1 Å². The number of ether oxygens (including phenoxy) is 1. The van der Waals surface area contributed by atoms with Crippen molar-refractivity contribution in [3.05, 3.63) is 122 Å². The lowest BCUT2D eigenvalue weighted by Crippen LogP contribution is -2.76. The number of carbonyl (C=O) groups is 2. The minimum atomic E-state index is -3.42. The fourth-order valence-corrected chi connectivity index (χ4v) is 11.5. The van der Waals surface area contributed by atoms with E-state index in [-0.39, 0.29) is 47.3 Å². The van der Waals surface area contributed by atoms with Crippen molar-refractivity contribution in [2.24, 2.45) is 5.92 Å². The molecular weight excluding hydrogens is 826 g/mol. The first-order valence-electron chi connectivity index (χ1n) is 21.8. The number of benzene rings is 3. The number of aromatic amines is 1. The Bertz CT molecular complexity index is 2900. The second-order valence-electron chi connectivity index (χ2n) is 18.5. The molecule has 63 heavy (non-hydrogen) atoms. The summed E-state index contributed by atoms with van der Waals surface area (Å²) in [6.45, 7) is 12.0. The first-order chi connectivity index (χ1) is 30.0.